The largest absolute Gasteiger partial charge is 0.490 e. The molecule has 0 radical (unpaired) electrons. The maximum absolute atomic E-state index is 12.6. The number of piperidine rings is 1. The number of carbonyl (C=O) groups excluding carboxylic acids is 1. The first-order valence-electron chi connectivity index (χ1n) is 11.1. The molecule has 0 spiro atoms. The number of aryl methyl sites for hydroxylation is 1. The molecule has 8 nitrogen and oxygen atoms in total. The maximum Gasteiger partial charge on any atom is 0.283 e. The molecule has 1 N–H and O–H groups in total. The lowest BCUT2D eigenvalue weighted by atomic mass is 9.84. The van der Waals surface area contributed by atoms with Crippen molar-refractivity contribution in [1.29, 1.82) is 0 Å². The average molecular weight is 515 g/mol. The van der Waals surface area contributed by atoms with E-state index in [1.54, 1.807) is 19.2 Å². The number of ether oxygens (including phenoxy) is 1. The molecular formula is C22H28Cl2N4O4S. The number of amides is 1. The summed E-state index contributed by atoms with van der Waals surface area (Å²) >= 11 is 12.0. The van der Waals surface area contributed by atoms with Gasteiger partial charge < -0.3 is 14.2 Å². The number of rotatable bonds is 6. The number of halogens is 2. The summed E-state index contributed by atoms with van der Waals surface area (Å²) in [4.78, 5) is 18.9. The van der Waals surface area contributed by atoms with Gasteiger partial charge in [-0.1, -0.05) is 23.2 Å². The van der Waals surface area contributed by atoms with Crippen molar-refractivity contribution >= 4 is 39.1 Å². The molecule has 180 valence electrons. The van der Waals surface area contributed by atoms with Crippen LogP contribution in [0.4, 0.5) is 0 Å². The minimum Gasteiger partial charge on any atom is -0.490 e. The Morgan fingerprint density at radius 1 is 1.09 bits per heavy atom. The fourth-order valence-electron chi connectivity index (χ4n) is 4.60. The molecule has 1 saturated carbocycles. The Hall–Kier alpha value is -1.81. The predicted octanol–water partition coefficient (Wildman–Crippen LogP) is 3.63. The molecule has 1 amide bonds. The molecule has 33 heavy (non-hydrogen) atoms. The lowest BCUT2D eigenvalue weighted by molar-refractivity contribution is -0.124. The van der Waals surface area contributed by atoms with Crippen molar-refractivity contribution in [2.45, 2.75) is 55.7 Å². The van der Waals surface area contributed by atoms with E-state index in [1.165, 1.54) is 17.1 Å². The molecular weight excluding hydrogens is 487 g/mol. The summed E-state index contributed by atoms with van der Waals surface area (Å²) in [5.74, 6) is -0.00174. The van der Waals surface area contributed by atoms with Gasteiger partial charge >= 0.3 is 0 Å². The molecule has 4 rings (SSSR count). The highest BCUT2D eigenvalue weighted by molar-refractivity contribution is 7.90. The van der Waals surface area contributed by atoms with Crippen LogP contribution >= 0.6 is 23.2 Å². The molecule has 2 aromatic rings. The zero-order chi connectivity index (χ0) is 23.6. The highest BCUT2D eigenvalue weighted by Gasteiger charge is 2.33. The molecule has 1 aliphatic carbocycles. The summed E-state index contributed by atoms with van der Waals surface area (Å²) in [5.41, 5.74) is 0. The quantitative estimate of drug-likeness (QED) is 0.632. The van der Waals surface area contributed by atoms with Crippen molar-refractivity contribution in [2.75, 3.05) is 13.1 Å². The van der Waals surface area contributed by atoms with Gasteiger partial charge in [0.15, 0.2) is 5.03 Å². The van der Waals surface area contributed by atoms with E-state index >= 15 is 0 Å². The minimum absolute atomic E-state index is 0.136. The fourth-order valence-corrected chi connectivity index (χ4v) is 5.92. The van der Waals surface area contributed by atoms with E-state index in [2.05, 4.69) is 14.6 Å². The van der Waals surface area contributed by atoms with Gasteiger partial charge in [-0.3, -0.25) is 4.79 Å². The van der Waals surface area contributed by atoms with Crippen molar-refractivity contribution in [1.82, 2.24) is 19.2 Å². The second-order valence-corrected chi connectivity index (χ2v) is 11.2. The SMILES string of the molecule is Cn1cnc(S(=O)(=O)NC(=O)[C@H]2CC[C@H](N3CCC(Oc4ccc(Cl)c(Cl)c4)CC3)CC2)c1. The Balaban J connectivity index is 1.22. The van der Waals surface area contributed by atoms with Crippen LogP contribution in [-0.4, -0.2) is 54.0 Å². The molecule has 2 fully saturated rings. The Kier molecular flexibility index (Phi) is 7.53. The number of hydrogen-bond donors (Lipinski definition) is 1. The monoisotopic (exact) mass is 514 g/mol. The standard InChI is InChI=1S/C22H28Cl2N4O4S/c1-27-13-21(25-14-27)33(30,31)26-22(29)15-2-4-16(5-3-15)28-10-8-17(9-11-28)32-18-6-7-19(23)20(24)12-18/h6-7,12-17H,2-5,8-11H2,1H3,(H,26,29)/t15-,16-. The predicted molar refractivity (Wildman–Crippen MR) is 126 cm³/mol. The third kappa shape index (κ3) is 6.01. The Morgan fingerprint density at radius 2 is 1.79 bits per heavy atom. The Labute approximate surface area is 204 Å². The lowest BCUT2D eigenvalue weighted by Crippen LogP contribution is -2.46. The van der Waals surface area contributed by atoms with Gasteiger partial charge in [0.2, 0.25) is 5.91 Å². The van der Waals surface area contributed by atoms with Crippen LogP contribution in [0.3, 0.4) is 0 Å². The van der Waals surface area contributed by atoms with Gasteiger partial charge in [0, 0.05) is 44.4 Å². The van der Waals surface area contributed by atoms with E-state index in [4.69, 9.17) is 27.9 Å². The van der Waals surface area contributed by atoms with Crippen LogP contribution in [0, 0.1) is 5.92 Å². The molecule has 11 heteroatoms. The number of imidazole rings is 1. The van der Waals surface area contributed by atoms with Gasteiger partial charge in [0.05, 0.1) is 16.4 Å². The van der Waals surface area contributed by atoms with Gasteiger partial charge in [0.25, 0.3) is 10.0 Å². The molecule has 0 atom stereocenters. The zero-order valence-electron chi connectivity index (χ0n) is 18.4. The molecule has 1 aromatic heterocycles. The second kappa shape index (κ2) is 10.2. The molecule has 2 heterocycles. The van der Waals surface area contributed by atoms with Crippen LogP contribution in [0.25, 0.3) is 0 Å². The van der Waals surface area contributed by atoms with Gasteiger partial charge in [-0.2, -0.15) is 8.42 Å². The van der Waals surface area contributed by atoms with E-state index in [-0.39, 0.29) is 17.0 Å². The Morgan fingerprint density at radius 3 is 2.39 bits per heavy atom. The van der Waals surface area contributed by atoms with Crippen LogP contribution in [0.2, 0.25) is 10.0 Å². The van der Waals surface area contributed by atoms with Gasteiger partial charge in [0.1, 0.15) is 11.9 Å². The van der Waals surface area contributed by atoms with E-state index in [1.807, 2.05) is 6.07 Å². The molecule has 2 aliphatic rings. The van der Waals surface area contributed by atoms with Crippen LogP contribution < -0.4 is 9.46 Å². The molecule has 0 unspecified atom stereocenters. The summed E-state index contributed by atoms with van der Waals surface area (Å²) in [7, 11) is -2.25. The summed E-state index contributed by atoms with van der Waals surface area (Å²) in [6.45, 7) is 1.86. The normalized spacial score (nSPS) is 22.8. The van der Waals surface area contributed by atoms with Gasteiger partial charge in [-0.15, -0.1) is 0 Å². The summed E-state index contributed by atoms with van der Waals surface area (Å²) < 4.78 is 34.5. The van der Waals surface area contributed by atoms with E-state index < -0.39 is 15.9 Å². The molecule has 0 bridgehead atoms. The number of nitrogens with one attached hydrogen (secondary N) is 1. The number of carbonyl (C=O) groups is 1. The first kappa shape index (κ1) is 24.3. The summed E-state index contributed by atoms with van der Waals surface area (Å²) in [5, 5.41) is 0.857. The van der Waals surface area contributed by atoms with E-state index in [0.29, 0.717) is 28.9 Å². The van der Waals surface area contributed by atoms with Crippen LogP contribution in [-0.2, 0) is 21.9 Å². The second-order valence-electron chi connectivity index (χ2n) is 8.78. The molecule has 1 aliphatic heterocycles. The van der Waals surface area contributed by atoms with Crippen molar-refractivity contribution in [3.05, 3.63) is 40.8 Å². The third-order valence-corrected chi connectivity index (χ3v) is 8.42. The first-order chi connectivity index (χ1) is 15.7. The number of aromatic nitrogens is 2. The number of benzene rings is 1. The first-order valence-corrected chi connectivity index (χ1v) is 13.4. The smallest absolute Gasteiger partial charge is 0.283 e. The van der Waals surface area contributed by atoms with Crippen LogP contribution in [0.1, 0.15) is 38.5 Å². The zero-order valence-corrected chi connectivity index (χ0v) is 20.7. The highest BCUT2D eigenvalue weighted by atomic mass is 35.5. The molecule has 1 saturated heterocycles. The number of likely N-dealkylation sites (tertiary alicyclic amines) is 1. The summed E-state index contributed by atoms with van der Waals surface area (Å²) in [6, 6.07) is 5.73. The van der Waals surface area contributed by atoms with Crippen LogP contribution in [0.15, 0.2) is 35.7 Å². The number of hydrogen-bond acceptors (Lipinski definition) is 6. The average Bonchev–Trinajstić information content (AvgIpc) is 3.24. The van der Waals surface area contributed by atoms with Crippen molar-refractivity contribution in [2.24, 2.45) is 13.0 Å². The van der Waals surface area contributed by atoms with Gasteiger partial charge in [-0.05, 0) is 50.7 Å². The fraction of sp³-hybridized carbons (Fsp3) is 0.545. The van der Waals surface area contributed by atoms with Crippen molar-refractivity contribution < 1.29 is 17.9 Å². The summed E-state index contributed by atoms with van der Waals surface area (Å²) in [6.07, 6.45) is 7.84. The minimum atomic E-state index is -3.93. The van der Waals surface area contributed by atoms with E-state index in [0.717, 1.165) is 44.5 Å². The number of nitrogens with zero attached hydrogens (tertiary/aromatic N) is 3. The number of sulfonamides is 1. The Bertz CT molecular complexity index is 1090. The topological polar surface area (TPSA) is 93.5 Å². The maximum atomic E-state index is 12.6. The van der Waals surface area contributed by atoms with Crippen molar-refractivity contribution in [3.8, 4) is 5.75 Å². The van der Waals surface area contributed by atoms with Crippen LogP contribution in [0.5, 0.6) is 5.75 Å². The lowest BCUT2D eigenvalue weighted by Gasteiger charge is -2.40. The van der Waals surface area contributed by atoms with Crippen molar-refractivity contribution in [3.63, 3.8) is 0 Å². The van der Waals surface area contributed by atoms with E-state index in [9.17, 15) is 13.2 Å². The highest BCUT2D eigenvalue weighted by Crippen LogP contribution is 2.31. The van der Waals surface area contributed by atoms with Gasteiger partial charge in [-0.25, -0.2) is 9.71 Å². The molecule has 1 aromatic carbocycles. The third-order valence-electron chi connectivity index (χ3n) is 6.45.